The van der Waals surface area contributed by atoms with Crippen molar-refractivity contribution in [2.24, 2.45) is 0 Å². The molecule has 166 valence electrons. The maximum atomic E-state index is 13.3. The highest BCUT2D eigenvalue weighted by Crippen LogP contribution is 2.29. The highest BCUT2D eigenvalue weighted by atomic mass is 79.9. The minimum Gasteiger partial charge on any atom is -0.488 e. The van der Waals surface area contributed by atoms with Crippen molar-refractivity contribution in [3.05, 3.63) is 99.3 Å². The van der Waals surface area contributed by atoms with Gasteiger partial charge < -0.3 is 4.74 Å². The van der Waals surface area contributed by atoms with Crippen LogP contribution in [0.15, 0.2) is 76.8 Å². The van der Waals surface area contributed by atoms with Gasteiger partial charge in [0.2, 0.25) is 0 Å². The summed E-state index contributed by atoms with van der Waals surface area (Å²) in [6, 6.07) is 17.3. The van der Waals surface area contributed by atoms with E-state index in [2.05, 4.69) is 21.2 Å². The lowest BCUT2D eigenvalue weighted by Gasteiger charge is -2.27. The molecule has 0 bridgehead atoms. The number of barbiturate groups is 1. The number of carbonyl (C=O) groups is 3. The van der Waals surface area contributed by atoms with E-state index in [-0.39, 0.29) is 18.0 Å². The van der Waals surface area contributed by atoms with E-state index in [4.69, 9.17) is 4.74 Å². The normalized spacial score (nSPS) is 15.1. The first-order valence-corrected chi connectivity index (χ1v) is 10.8. The van der Waals surface area contributed by atoms with Gasteiger partial charge in [-0.15, -0.1) is 0 Å². The van der Waals surface area contributed by atoms with Crippen molar-refractivity contribution in [2.75, 3.05) is 4.90 Å². The summed E-state index contributed by atoms with van der Waals surface area (Å²) in [7, 11) is 0. The number of hydrogen-bond acceptors (Lipinski definition) is 4. The Bertz CT molecular complexity index is 1310. The Morgan fingerprint density at radius 3 is 2.55 bits per heavy atom. The lowest BCUT2D eigenvalue weighted by molar-refractivity contribution is -0.122. The topological polar surface area (TPSA) is 75.7 Å². The molecule has 3 aromatic rings. The van der Waals surface area contributed by atoms with Gasteiger partial charge >= 0.3 is 6.03 Å². The van der Waals surface area contributed by atoms with Gasteiger partial charge in [0.05, 0.1) is 10.2 Å². The average Bonchev–Trinajstić information content (AvgIpc) is 2.77. The standard InChI is InChI=1S/C25H18BrFN2O4/c1-15-5-2-3-8-21(15)29-24(31)19(23(30)28-25(29)32)12-16-9-10-22(20(26)13-16)33-14-17-6-4-7-18(27)11-17/h2-13H,14H2,1H3,(H,28,30,32)/b19-12+. The predicted octanol–water partition coefficient (Wildman–Crippen LogP) is 5.14. The van der Waals surface area contributed by atoms with Crippen LogP contribution in [0.25, 0.3) is 6.08 Å². The summed E-state index contributed by atoms with van der Waals surface area (Å²) >= 11 is 3.42. The number of halogens is 2. The van der Waals surface area contributed by atoms with Crippen molar-refractivity contribution in [2.45, 2.75) is 13.5 Å². The number of nitrogens with zero attached hydrogens (tertiary/aromatic N) is 1. The smallest absolute Gasteiger partial charge is 0.335 e. The fourth-order valence-corrected chi connectivity index (χ4v) is 3.88. The van der Waals surface area contributed by atoms with Crippen LogP contribution in [0, 0.1) is 12.7 Å². The first kappa shape index (κ1) is 22.4. The molecule has 0 aliphatic carbocycles. The molecule has 1 N–H and O–H groups in total. The molecule has 1 fully saturated rings. The molecule has 1 heterocycles. The van der Waals surface area contributed by atoms with E-state index in [0.29, 0.717) is 27.0 Å². The van der Waals surface area contributed by atoms with Gasteiger partial charge in [0.25, 0.3) is 11.8 Å². The number of amides is 4. The van der Waals surface area contributed by atoms with Crippen molar-refractivity contribution in [1.29, 1.82) is 0 Å². The maximum Gasteiger partial charge on any atom is 0.335 e. The van der Waals surface area contributed by atoms with E-state index < -0.39 is 17.8 Å². The fraction of sp³-hybridized carbons (Fsp3) is 0.0800. The number of anilines is 1. The summed E-state index contributed by atoms with van der Waals surface area (Å²) in [5.74, 6) is -1.30. The van der Waals surface area contributed by atoms with Crippen LogP contribution < -0.4 is 15.0 Å². The molecule has 6 nitrogen and oxygen atoms in total. The number of aryl methyl sites for hydroxylation is 1. The van der Waals surface area contributed by atoms with Crippen LogP contribution in [0.2, 0.25) is 0 Å². The second kappa shape index (κ2) is 9.38. The fourth-order valence-electron chi connectivity index (χ4n) is 3.37. The lowest BCUT2D eigenvalue weighted by Crippen LogP contribution is -2.54. The summed E-state index contributed by atoms with van der Waals surface area (Å²) in [6.07, 6.45) is 1.41. The lowest BCUT2D eigenvalue weighted by atomic mass is 10.1. The van der Waals surface area contributed by atoms with Gasteiger partial charge in [-0.1, -0.05) is 36.4 Å². The minimum absolute atomic E-state index is 0.168. The number of urea groups is 1. The van der Waals surface area contributed by atoms with Crippen LogP contribution in [-0.2, 0) is 16.2 Å². The van der Waals surface area contributed by atoms with Gasteiger partial charge in [0, 0.05) is 0 Å². The number of ether oxygens (including phenoxy) is 1. The average molecular weight is 509 g/mol. The number of rotatable bonds is 5. The number of benzene rings is 3. The van der Waals surface area contributed by atoms with Crippen molar-refractivity contribution in [1.82, 2.24) is 5.32 Å². The van der Waals surface area contributed by atoms with E-state index in [0.717, 1.165) is 10.5 Å². The zero-order valence-corrected chi connectivity index (χ0v) is 19.1. The summed E-state index contributed by atoms with van der Waals surface area (Å²) in [5, 5.41) is 2.22. The second-order valence-electron chi connectivity index (χ2n) is 7.35. The molecule has 0 unspecified atom stereocenters. The monoisotopic (exact) mass is 508 g/mol. The van der Waals surface area contributed by atoms with Gasteiger partial charge in [-0.3, -0.25) is 14.9 Å². The SMILES string of the molecule is Cc1ccccc1N1C(=O)NC(=O)/C(=C\c2ccc(OCc3cccc(F)c3)c(Br)c2)C1=O. The third kappa shape index (κ3) is 4.85. The van der Waals surface area contributed by atoms with Crippen molar-refractivity contribution >= 4 is 45.5 Å². The molecule has 4 rings (SSSR count). The zero-order valence-electron chi connectivity index (χ0n) is 17.5. The molecule has 1 aliphatic rings. The van der Waals surface area contributed by atoms with Gasteiger partial charge in [0.15, 0.2) is 0 Å². The number of carbonyl (C=O) groups excluding carboxylic acids is 3. The van der Waals surface area contributed by atoms with Crippen molar-refractivity contribution in [3.63, 3.8) is 0 Å². The molecule has 8 heteroatoms. The molecule has 3 aromatic carbocycles. The van der Waals surface area contributed by atoms with Gasteiger partial charge in [-0.25, -0.2) is 14.1 Å². The Kier molecular flexibility index (Phi) is 6.37. The number of para-hydroxylation sites is 1. The quantitative estimate of drug-likeness (QED) is 0.382. The van der Waals surface area contributed by atoms with Crippen LogP contribution in [0.1, 0.15) is 16.7 Å². The number of nitrogens with one attached hydrogen (secondary N) is 1. The van der Waals surface area contributed by atoms with E-state index in [9.17, 15) is 18.8 Å². The largest absolute Gasteiger partial charge is 0.488 e. The first-order chi connectivity index (χ1) is 15.8. The molecule has 0 saturated carbocycles. The summed E-state index contributed by atoms with van der Waals surface area (Å²) in [4.78, 5) is 38.8. The van der Waals surface area contributed by atoms with Gasteiger partial charge in [-0.05, 0) is 76.0 Å². The van der Waals surface area contributed by atoms with Crippen LogP contribution in [0.3, 0.4) is 0 Å². The molecule has 0 atom stereocenters. The Hall–Kier alpha value is -3.78. The third-order valence-corrected chi connectivity index (χ3v) is 5.63. The van der Waals surface area contributed by atoms with Crippen LogP contribution in [-0.4, -0.2) is 17.8 Å². The molecule has 33 heavy (non-hydrogen) atoms. The highest BCUT2D eigenvalue weighted by molar-refractivity contribution is 9.10. The van der Waals surface area contributed by atoms with Crippen molar-refractivity contribution in [3.8, 4) is 5.75 Å². The molecule has 1 saturated heterocycles. The Morgan fingerprint density at radius 1 is 1.03 bits per heavy atom. The van der Waals surface area contributed by atoms with E-state index in [1.165, 1.54) is 18.2 Å². The summed E-state index contributed by atoms with van der Waals surface area (Å²) < 4.78 is 19.7. The van der Waals surface area contributed by atoms with Gasteiger partial charge in [-0.2, -0.15) is 0 Å². The predicted molar refractivity (Wildman–Crippen MR) is 125 cm³/mol. The van der Waals surface area contributed by atoms with Crippen LogP contribution in [0.5, 0.6) is 5.75 Å². The maximum absolute atomic E-state index is 13.3. The summed E-state index contributed by atoms with van der Waals surface area (Å²) in [6.45, 7) is 1.95. The molecule has 4 amide bonds. The molecule has 0 spiro atoms. The minimum atomic E-state index is -0.793. The van der Waals surface area contributed by atoms with E-state index >= 15 is 0 Å². The molecule has 0 radical (unpaired) electrons. The zero-order chi connectivity index (χ0) is 23.5. The second-order valence-corrected chi connectivity index (χ2v) is 8.21. The highest BCUT2D eigenvalue weighted by Gasteiger charge is 2.37. The van der Waals surface area contributed by atoms with Crippen LogP contribution >= 0.6 is 15.9 Å². The number of hydrogen-bond donors (Lipinski definition) is 1. The van der Waals surface area contributed by atoms with Crippen LogP contribution in [0.4, 0.5) is 14.9 Å². The van der Waals surface area contributed by atoms with Crippen molar-refractivity contribution < 1.29 is 23.5 Å². The first-order valence-electron chi connectivity index (χ1n) is 9.97. The molecule has 1 aliphatic heterocycles. The van der Waals surface area contributed by atoms with Gasteiger partial charge in [0.1, 0.15) is 23.7 Å². The van der Waals surface area contributed by atoms with E-state index in [1.807, 2.05) is 0 Å². The third-order valence-electron chi connectivity index (χ3n) is 5.01. The molecule has 0 aromatic heterocycles. The molecular formula is C25H18BrFN2O4. The van der Waals surface area contributed by atoms with E-state index in [1.54, 1.807) is 61.5 Å². The number of imide groups is 2. The molecular weight excluding hydrogens is 491 g/mol. The Labute approximate surface area is 197 Å². The Balaban J connectivity index is 1.57. The summed E-state index contributed by atoms with van der Waals surface area (Å²) in [5.41, 5.74) is 2.19. The Morgan fingerprint density at radius 2 is 1.82 bits per heavy atom.